The van der Waals surface area contributed by atoms with Gasteiger partial charge in [-0.3, -0.25) is 9.59 Å². The summed E-state index contributed by atoms with van der Waals surface area (Å²) in [4.78, 5) is 21.6. The quantitative estimate of drug-likeness (QED) is 0.465. The topological polar surface area (TPSA) is 80.4 Å². The SMILES string of the molecule is C=C(C)C(=O)CCCCCCC(N)C(=O)O. The van der Waals surface area contributed by atoms with Crippen LogP contribution in [0.3, 0.4) is 0 Å². The summed E-state index contributed by atoms with van der Waals surface area (Å²) >= 11 is 0. The molecule has 1 unspecified atom stereocenters. The van der Waals surface area contributed by atoms with E-state index in [-0.39, 0.29) is 5.78 Å². The number of nitrogens with two attached hydrogens (primary N) is 1. The Morgan fingerprint density at radius 1 is 1.25 bits per heavy atom. The van der Waals surface area contributed by atoms with Gasteiger partial charge >= 0.3 is 5.97 Å². The minimum atomic E-state index is -0.947. The van der Waals surface area contributed by atoms with E-state index in [1.165, 1.54) is 0 Å². The van der Waals surface area contributed by atoms with Crippen LogP contribution in [0.5, 0.6) is 0 Å². The first-order chi connectivity index (χ1) is 7.45. The molecule has 4 heteroatoms. The molecule has 0 aromatic carbocycles. The third-order valence-electron chi connectivity index (χ3n) is 2.46. The zero-order chi connectivity index (χ0) is 12.6. The molecule has 1 atom stereocenters. The Morgan fingerprint density at radius 2 is 1.81 bits per heavy atom. The Labute approximate surface area is 96.5 Å². The molecule has 3 N–H and O–H groups in total. The van der Waals surface area contributed by atoms with Gasteiger partial charge in [-0.25, -0.2) is 0 Å². The number of unbranched alkanes of at least 4 members (excludes halogenated alkanes) is 3. The summed E-state index contributed by atoms with van der Waals surface area (Å²) < 4.78 is 0. The summed E-state index contributed by atoms with van der Waals surface area (Å²) in [6.45, 7) is 5.30. The van der Waals surface area contributed by atoms with Crippen molar-refractivity contribution in [3.05, 3.63) is 12.2 Å². The van der Waals surface area contributed by atoms with Crippen LogP contribution in [0.2, 0.25) is 0 Å². The van der Waals surface area contributed by atoms with Crippen LogP contribution < -0.4 is 5.73 Å². The number of allylic oxidation sites excluding steroid dienone is 1. The van der Waals surface area contributed by atoms with Gasteiger partial charge in [-0.05, 0) is 25.3 Å². The van der Waals surface area contributed by atoms with E-state index < -0.39 is 12.0 Å². The lowest BCUT2D eigenvalue weighted by atomic mass is 10.0. The van der Waals surface area contributed by atoms with E-state index in [1.807, 2.05) is 0 Å². The van der Waals surface area contributed by atoms with Crippen LogP contribution in [-0.2, 0) is 9.59 Å². The molecule has 92 valence electrons. The average Bonchev–Trinajstić information content (AvgIpc) is 2.21. The highest BCUT2D eigenvalue weighted by Gasteiger charge is 2.10. The molecule has 0 aliphatic heterocycles. The summed E-state index contributed by atoms with van der Waals surface area (Å²) in [5.41, 5.74) is 5.96. The number of Topliss-reactive ketones (excluding diaryl/α,β-unsaturated/α-hetero) is 1. The molecule has 16 heavy (non-hydrogen) atoms. The zero-order valence-electron chi connectivity index (χ0n) is 9.87. The second kappa shape index (κ2) is 8.05. The first-order valence-corrected chi connectivity index (χ1v) is 5.62. The number of carbonyl (C=O) groups is 2. The molecular weight excluding hydrogens is 206 g/mol. The molecule has 0 bridgehead atoms. The largest absolute Gasteiger partial charge is 0.480 e. The molecular formula is C12H21NO3. The third kappa shape index (κ3) is 7.17. The van der Waals surface area contributed by atoms with Gasteiger partial charge in [0, 0.05) is 6.42 Å². The molecule has 0 aliphatic carbocycles. The normalized spacial score (nSPS) is 12.1. The molecule has 0 saturated heterocycles. The zero-order valence-corrected chi connectivity index (χ0v) is 9.87. The van der Waals surface area contributed by atoms with E-state index >= 15 is 0 Å². The van der Waals surface area contributed by atoms with Gasteiger partial charge in [-0.2, -0.15) is 0 Å². The monoisotopic (exact) mass is 227 g/mol. The van der Waals surface area contributed by atoms with Crippen LogP contribution in [0, 0.1) is 0 Å². The fraction of sp³-hybridized carbons (Fsp3) is 0.667. The molecule has 0 aliphatic rings. The van der Waals surface area contributed by atoms with Gasteiger partial charge in [0.1, 0.15) is 6.04 Å². The maximum atomic E-state index is 11.2. The second-order valence-corrected chi connectivity index (χ2v) is 4.10. The van der Waals surface area contributed by atoms with Crippen molar-refractivity contribution in [3.8, 4) is 0 Å². The fourth-order valence-corrected chi connectivity index (χ4v) is 1.34. The van der Waals surface area contributed by atoms with Crippen molar-refractivity contribution in [2.45, 2.75) is 51.5 Å². The lowest BCUT2D eigenvalue weighted by Crippen LogP contribution is -2.29. The minimum absolute atomic E-state index is 0.113. The number of carboxylic acid groups (broad SMARTS) is 1. The molecule has 4 nitrogen and oxygen atoms in total. The summed E-state index contributed by atoms with van der Waals surface area (Å²) in [7, 11) is 0. The predicted molar refractivity (Wildman–Crippen MR) is 63.1 cm³/mol. The maximum Gasteiger partial charge on any atom is 0.320 e. The molecule has 0 radical (unpaired) electrons. The van der Waals surface area contributed by atoms with Crippen LogP contribution in [0.4, 0.5) is 0 Å². The van der Waals surface area contributed by atoms with E-state index in [2.05, 4.69) is 6.58 Å². The number of carboxylic acids is 1. The molecule has 0 rings (SSSR count). The van der Waals surface area contributed by atoms with Crippen LogP contribution in [-0.4, -0.2) is 22.9 Å². The highest BCUT2D eigenvalue weighted by molar-refractivity contribution is 5.93. The first-order valence-electron chi connectivity index (χ1n) is 5.62. The van der Waals surface area contributed by atoms with Crippen molar-refractivity contribution in [1.82, 2.24) is 0 Å². The lowest BCUT2D eigenvalue weighted by molar-refractivity contribution is -0.138. The molecule has 0 heterocycles. The van der Waals surface area contributed by atoms with Gasteiger partial charge in [-0.15, -0.1) is 0 Å². The molecule has 0 aromatic rings. The van der Waals surface area contributed by atoms with Crippen LogP contribution in [0.15, 0.2) is 12.2 Å². The minimum Gasteiger partial charge on any atom is -0.480 e. The smallest absolute Gasteiger partial charge is 0.320 e. The van der Waals surface area contributed by atoms with Crippen LogP contribution in [0.25, 0.3) is 0 Å². The van der Waals surface area contributed by atoms with Crippen molar-refractivity contribution < 1.29 is 14.7 Å². The standard InChI is InChI=1S/C12H21NO3/c1-9(2)11(14)8-6-4-3-5-7-10(13)12(15)16/h10H,1,3-8,13H2,2H3,(H,15,16). The molecule has 0 amide bonds. The molecule has 0 spiro atoms. The van der Waals surface area contributed by atoms with Crippen molar-refractivity contribution >= 4 is 11.8 Å². The van der Waals surface area contributed by atoms with Gasteiger partial charge in [-0.1, -0.05) is 25.8 Å². The highest BCUT2D eigenvalue weighted by Crippen LogP contribution is 2.08. The Morgan fingerprint density at radius 3 is 2.31 bits per heavy atom. The molecule has 0 saturated carbocycles. The van der Waals surface area contributed by atoms with Gasteiger partial charge in [0.05, 0.1) is 0 Å². The fourth-order valence-electron chi connectivity index (χ4n) is 1.34. The van der Waals surface area contributed by atoms with E-state index in [0.29, 0.717) is 18.4 Å². The Hall–Kier alpha value is -1.16. The number of rotatable bonds is 9. The molecule has 0 fully saturated rings. The summed E-state index contributed by atoms with van der Waals surface area (Å²) in [5, 5.41) is 8.54. The van der Waals surface area contributed by atoms with Gasteiger partial charge < -0.3 is 10.8 Å². The number of hydrogen-bond acceptors (Lipinski definition) is 3. The van der Waals surface area contributed by atoms with E-state index in [4.69, 9.17) is 10.8 Å². The second-order valence-electron chi connectivity index (χ2n) is 4.10. The summed E-state index contributed by atoms with van der Waals surface area (Å²) in [5.74, 6) is -0.834. The van der Waals surface area contributed by atoms with Crippen LogP contribution >= 0.6 is 0 Å². The van der Waals surface area contributed by atoms with Crippen molar-refractivity contribution in [3.63, 3.8) is 0 Å². The summed E-state index contributed by atoms with van der Waals surface area (Å²) in [6, 6.07) is -0.753. The van der Waals surface area contributed by atoms with Gasteiger partial charge in [0.15, 0.2) is 5.78 Å². The first kappa shape index (κ1) is 14.8. The number of hydrogen-bond donors (Lipinski definition) is 2. The number of aliphatic carboxylic acids is 1. The lowest BCUT2D eigenvalue weighted by Gasteiger charge is -2.05. The third-order valence-corrected chi connectivity index (χ3v) is 2.46. The van der Waals surface area contributed by atoms with E-state index in [0.717, 1.165) is 25.7 Å². The number of carbonyl (C=O) groups excluding carboxylic acids is 1. The summed E-state index contributed by atoms with van der Waals surface area (Å²) in [6.07, 6.45) is 4.54. The van der Waals surface area contributed by atoms with Crippen LogP contribution in [0.1, 0.15) is 45.4 Å². The predicted octanol–water partition coefficient (Wildman–Crippen LogP) is 1.88. The highest BCUT2D eigenvalue weighted by atomic mass is 16.4. The maximum absolute atomic E-state index is 11.2. The van der Waals surface area contributed by atoms with E-state index in [9.17, 15) is 9.59 Å². The van der Waals surface area contributed by atoms with E-state index in [1.54, 1.807) is 6.92 Å². The van der Waals surface area contributed by atoms with Crippen molar-refractivity contribution in [2.24, 2.45) is 5.73 Å². The molecule has 0 aromatic heterocycles. The Balaban J connectivity index is 3.38. The number of ketones is 1. The van der Waals surface area contributed by atoms with Gasteiger partial charge in [0.25, 0.3) is 0 Å². The average molecular weight is 227 g/mol. The van der Waals surface area contributed by atoms with Crippen molar-refractivity contribution in [2.75, 3.05) is 0 Å². The Kier molecular flexibility index (Phi) is 7.46. The van der Waals surface area contributed by atoms with Gasteiger partial charge in [0.2, 0.25) is 0 Å². The van der Waals surface area contributed by atoms with Crippen molar-refractivity contribution in [1.29, 1.82) is 0 Å². The Bertz CT molecular complexity index is 261.